The number of nitrogens with one attached hydrogen (secondary N) is 1. The van der Waals surface area contributed by atoms with E-state index in [2.05, 4.69) is 4.98 Å². The number of phenolic OH excluding ortho intramolecular Hbond substituents is 1. The molecular weight excluding hydrogens is 276 g/mol. The Bertz CT molecular complexity index is 895. The van der Waals surface area contributed by atoms with Gasteiger partial charge >= 0.3 is 0 Å². The Kier molecular flexibility index (Phi) is 2.73. The summed E-state index contributed by atoms with van der Waals surface area (Å²) in [5.41, 5.74) is 3.49. The molecule has 0 unspecified atom stereocenters. The minimum atomic E-state index is -0.0541. The molecule has 22 heavy (non-hydrogen) atoms. The van der Waals surface area contributed by atoms with E-state index in [4.69, 9.17) is 0 Å². The van der Waals surface area contributed by atoms with E-state index in [1.807, 2.05) is 37.3 Å². The molecule has 0 bridgehead atoms. The normalized spacial score (nSPS) is 13.6. The number of phenols is 1. The molecule has 4 nitrogen and oxygen atoms in total. The molecule has 4 rings (SSSR count). The molecule has 2 N–H and O–H groups in total. The molecule has 3 aromatic rings. The number of rotatable bonds is 1. The summed E-state index contributed by atoms with van der Waals surface area (Å²) in [6, 6.07) is 13.2. The summed E-state index contributed by atoms with van der Waals surface area (Å²) in [6.45, 7) is 2.56. The van der Waals surface area contributed by atoms with Crippen LogP contribution in [0.4, 0.5) is 5.69 Å². The van der Waals surface area contributed by atoms with Gasteiger partial charge in [-0.15, -0.1) is 0 Å². The smallest absolute Gasteiger partial charge is 0.274 e. The van der Waals surface area contributed by atoms with Gasteiger partial charge in [-0.1, -0.05) is 24.3 Å². The summed E-state index contributed by atoms with van der Waals surface area (Å²) in [5, 5.41) is 12.1. The first-order valence-electron chi connectivity index (χ1n) is 7.36. The number of carbonyl (C=O) groups is 1. The second-order valence-corrected chi connectivity index (χ2v) is 5.70. The van der Waals surface area contributed by atoms with E-state index >= 15 is 0 Å². The monoisotopic (exact) mass is 292 g/mol. The second kappa shape index (κ2) is 4.63. The number of amides is 1. The van der Waals surface area contributed by atoms with Crippen molar-refractivity contribution < 1.29 is 9.90 Å². The fraction of sp³-hybridized carbons (Fsp3) is 0.167. The molecular formula is C18H16N2O2. The zero-order valence-electron chi connectivity index (χ0n) is 12.3. The zero-order chi connectivity index (χ0) is 15.3. The predicted octanol–water partition coefficient (Wildman–Crippen LogP) is 3.38. The van der Waals surface area contributed by atoms with Crippen LogP contribution in [0, 0.1) is 6.92 Å². The first-order chi connectivity index (χ1) is 10.6. The quantitative estimate of drug-likeness (QED) is 0.722. The Balaban J connectivity index is 1.84. The van der Waals surface area contributed by atoms with Crippen molar-refractivity contribution in [2.75, 3.05) is 11.4 Å². The maximum atomic E-state index is 12.7. The maximum Gasteiger partial charge on any atom is 0.274 e. The molecule has 4 heteroatoms. The Labute approximate surface area is 128 Å². The SMILES string of the molecule is Cc1ccc(C(=O)N2CCc3c2cc(O)c2ccccc32)[nH]1. The molecule has 2 aromatic carbocycles. The van der Waals surface area contributed by atoms with Crippen molar-refractivity contribution >= 4 is 22.4 Å². The van der Waals surface area contributed by atoms with Gasteiger partial charge in [-0.25, -0.2) is 0 Å². The molecule has 0 fully saturated rings. The molecule has 0 radical (unpaired) electrons. The average molecular weight is 292 g/mol. The molecule has 110 valence electrons. The van der Waals surface area contributed by atoms with Crippen LogP contribution in [0.15, 0.2) is 42.5 Å². The average Bonchev–Trinajstić information content (AvgIpc) is 3.13. The number of fused-ring (bicyclic) bond motifs is 3. The summed E-state index contributed by atoms with van der Waals surface area (Å²) in [4.78, 5) is 17.5. The zero-order valence-corrected chi connectivity index (χ0v) is 12.3. The summed E-state index contributed by atoms with van der Waals surface area (Å²) >= 11 is 0. The van der Waals surface area contributed by atoms with Gasteiger partial charge < -0.3 is 15.0 Å². The lowest BCUT2D eigenvalue weighted by Gasteiger charge is -2.17. The number of nitrogens with zero attached hydrogens (tertiary/aromatic N) is 1. The van der Waals surface area contributed by atoms with Crippen LogP contribution in [0.3, 0.4) is 0 Å². The Morgan fingerprint density at radius 3 is 2.68 bits per heavy atom. The number of aromatic amines is 1. The largest absolute Gasteiger partial charge is 0.507 e. The van der Waals surface area contributed by atoms with Crippen molar-refractivity contribution in [3.63, 3.8) is 0 Å². The van der Waals surface area contributed by atoms with Crippen LogP contribution in [0.1, 0.15) is 21.7 Å². The molecule has 1 aliphatic heterocycles. The number of benzene rings is 2. The van der Waals surface area contributed by atoms with E-state index in [0.29, 0.717) is 12.2 Å². The number of hydrogen-bond acceptors (Lipinski definition) is 2. The highest BCUT2D eigenvalue weighted by Crippen LogP contribution is 2.39. The fourth-order valence-electron chi connectivity index (χ4n) is 3.23. The van der Waals surface area contributed by atoms with Crippen molar-refractivity contribution in [1.29, 1.82) is 0 Å². The number of hydrogen-bond donors (Lipinski definition) is 2. The van der Waals surface area contributed by atoms with Crippen LogP contribution in [-0.2, 0) is 6.42 Å². The number of aromatic hydroxyl groups is 1. The Hall–Kier alpha value is -2.75. The number of H-pyrrole nitrogens is 1. The van der Waals surface area contributed by atoms with Gasteiger partial charge in [0.15, 0.2) is 0 Å². The molecule has 0 saturated heterocycles. The van der Waals surface area contributed by atoms with Gasteiger partial charge in [-0.2, -0.15) is 0 Å². The highest BCUT2D eigenvalue weighted by molar-refractivity contribution is 6.09. The molecule has 1 amide bonds. The van der Waals surface area contributed by atoms with E-state index in [9.17, 15) is 9.90 Å². The van der Waals surface area contributed by atoms with Crippen LogP contribution in [0.5, 0.6) is 5.75 Å². The lowest BCUT2D eigenvalue weighted by molar-refractivity contribution is 0.0985. The Morgan fingerprint density at radius 2 is 1.95 bits per heavy atom. The summed E-state index contributed by atoms with van der Waals surface area (Å²) < 4.78 is 0. The maximum absolute atomic E-state index is 12.7. The molecule has 2 heterocycles. The van der Waals surface area contributed by atoms with Crippen LogP contribution in [0.2, 0.25) is 0 Å². The standard InChI is InChI=1S/C18H16N2O2/c1-11-6-7-15(19-11)18(22)20-9-8-13-12-4-2-3-5-14(12)17(21)10-16(13)20/h2-7,10,19,21H,8-9H2,1H3. The topological polar surface area (TPSA) is 56.3 Å². The highest BCUT2D eigenvalue weighted by atomic mass is 16.3. The third-order valence-corrected chi connectivity index (χ3v) is 4.29. The van der Waals surface area contributed by atoms with Gasteiger partial charge in [-0.05, 0) is 36.4 Å². The Morgan fingerprint density at radius 1 is 1.18 bits per heavy atom. The molecule has 1 aliphatic rings. The second-order valence-electron chi connectivity index (χ2n) is 5.70. The number of aryl methyl sites for hydroxylation is 1. The van der Waals surface area contributed by atoms with Crippen molar-refractivity contribution in [3.8, 4) is 5.75 Å². The minimum Gasteiger partial charge on any atom is -0.507 e. The van der Waals surface area contributed by atoms with Gasteiger partial charge in [0, 0.05) is 23.7 Å². The van der Waals surface area contributed by atoms with Gasteiger partial charge in [0.2, 0.25) is 0 Å². The van der Waals surface area contributed by atoms with Crippen molar-refractivity contribution in [2.45, 2.75) is 13.3 Å². The molecule has 0 spiro atoms. The van der Waals surface area contributed by atoms with Gasteiger partial charge in [-0.3, -0.25) is 4.79 Å². The highest BCUT2D eigenvalue weighted by Gasteiger charge is 2.28. The van der Waals surface area contributed by atoms with Gasteiger partial charge in [0.1, 0.15) is 11.4 Å². The van der Waals surface area contributed by atoms with E-state index in [1.165, 1.54) is 0 Å². The molecule has 0 atom stereocenters. The number of aromatic nitrogens is 1. The van der Waals surface area contributed by atoms with Crippen molar-refractivity contribution in [1.82, 2.24) is 4.98 Å². The van der Waals surface area contributed by atoms with E-state index in [0.717, 1.165) is 34.1 Å². The lowest BCUT2D eigenvalue weighted by atomic mass is 10.0. The van der Waals surface area contributed by atoms with Crippen LogP contribution in [-0.4, -0.2) is 22.5 Å². The predicted molar refractivity (Wildman–Crippen MR) is 86.5 cm³/mol. The molecule has 0 aliphatic carbocycles. The van der Waals surface area contributed by atoms with Crippen LogP contribution >= 0.6 is 0 Å². The van der Waals surface area contributed by atoms with Crippen LogP contribution < -0.4 is 4.90 Å². The summed E-state index contributed by atoms with van der Waals surface area (Å²) in [7, 11) is 0. The van der Waals surface area contributed by atoms with E-state index < -0.39 is 0 Å². The summed E-state index contributed by atoms with van der Waals surface area (Å²) in [6.07, 6.45) is 0.807. The minimum absolute atomic E-state index is 0.0541. The van der Waals surface area contributed by atoms with E-state index in [-0.39, 0.29) is 11.7 Å². The van der Waals surface area contributed by atoms with Crippen LogP contribution in [0.25, 0.3) is 10.8 Å². The number of anilines is 1. The third kappa shape index (κ3) is 1.80. The fourth-order valence-corrected chi connectivity index (χ4v) is 3.23. The molecule has 0 saturated carbocycles. The van der Waals surface area contributed by atoms with E-state index in [1.54, 1.807) is 17.0 Å². The molecule has 1 aromatic heterocycles. The van der Waals surface area contributed by atoms with Gasteiger partial charge in [0.05, 0.1) is 5.69 Å². The van der Waals surface area contributed by atoms with Gasteiger partial charge in [0.25, 0.3) is 5.91 Å². The first kappa shape index (κ1) is 13.0. The lowest BCUT2D eigenvalue weighted by Crippen LogP contribution is -2.29. The third-order valence-electron chi connectivity index (χ3n) is 4.29. The number of carbonyl (C=O) groups excluding carboxylic acids is 1. The summed E-state index contributed by atoms with van der Waals surface area (Å²) in [5.74, 6) is 0.165. The van der Waals surface area contributed by atoms with Crippen molar-refractivity contribution in [2.24, 2.45) is 0 Å². The van der Waals surface area contributed by atoms with Crippen molar-refractivity contribution in [3.05, 3.63) is 59.4 Å². The first-order valence-corrected chi connectivity index (χ1v) is 7.36.